The molecule has 0 radical (unpaired) electrons. The lowest BCUT2D eigenvalue weighted by Gasteiger charge is -2.14. The molecule has 136 valence electrons. The van der Waals surface area contributed by atoms with E-state index in [9.17, 15) is 4.79 Å². The zero-order valence-corrected chi connectivity index (χ0v) is 16.6. The summed E-state index contributed by atoms with van der Waals surface area (Å²) < 4.78 is 1.83. The van der Waals surface area contributed by atoms with Crippen molar-refractivity contribution in [1.29, 1.82) is 0 Å². The van der Waals surface area contributed by atoms with Gasteiger partial charge in [-0.15, -0.1) is 11.3 Å². The molecule has 5 heteroatoms. The van der Waals surface area contributed by atoms with Crippen molar-refractivity contribution in [2.45, 2.75) is 46.7 Å². The summed E-state index contributed by atoms with van der Waals surface area (Å²) in [6.07, 6.45) is 0.928. The molecule has 0 aliphatic carbocycles. The average molecular weight is 368 g/mol. The van der Waals surface area contributed by atoms with Gasteiger partial charge in [-0.3, -0.25) is 9.48 Å². The van der Waals surface area contributed by atoms with Gasteiger partial charge in [-0.25, -0.2) is 0 Å². The normalized spacial score (nSPS) is 12.2. The Morgan fingerprint density at radius 3 is 2.58 bits per heavy atom. The number of aryl methyl sites for hydroxylation is 3. The Balaban J connectivity index is 1.88. The first-order valence-electron chi connectivity index (χ1n) is 9.00. The van der Waals surface area contributed by atoms with Crippen LogP contribution in [0.25, 0.3) is 11.3 Å². The van der Waals surface area contributed by atoms with Crippen LogP contribution in [-0.2, 0) is 6.54 Å². The predicted molar refractivity (Wildman–Crippen MR) is 108 cm³/mol. The van der Waals surface area contributed by atoms with E-state index in [0.29, 0.717) is 5.69 Å². The van der Waals surface area contributed by atoms with Gasteiger partial charge in [0.15, 0.2) is 0 Å². The molecule has 2 aromatic heterocycles. The van der Waals surface area contributed by atoms with Gasteiger partial charge in [0.2, 0.25) is 0 Å². The number of nitrogens with one attached hydrogen (secondary N) is 1. The average Bonchev–Trinajstić information content (AvgIpc) is 3.18. The monoisotopic (exact) mass is 367 g/mol. The highest BCUT2D eigenvalue weighted by Gasteiger charge is 2.19. The minimum atomic E-state index is -0.0850. The Labute approximate surface area is 158 Å². The second kappa shape index (κ2) is 7.87. The first-order valence-corrected chi connectivity index (χ1v) is 9.82. The van der Waals surface area contributed by atoms with Crippen molar-refractivity contribution >= 4 is 17.2 Å². The summed E-state index contributed by atoms with van der Waals surface area (Å²) in [6.45, 7) is 9.02. The fraction of sp³-hybridized carbons (Fsp3) is 0.333. The van der Waals surface area contributed by atoms with Crippen LogP contribution in [0.1, 0.15) is 52.1 Å². The number of carbonyl (C=O) groups excluding carboxylic acids is 1. The molecule has 1 aromatic carbocycles. The van der Waals surface area contributed by atoms with E-state index < -0.39 is 0 Å². The topological polar surface area (TPSA) is 46.9 Å². The highest BCUT2D eigenvalue weighted by molar-refractivity contribution is 7.12. The minimum absolute atomic E-state index is 0.0535. The van der Waals surface area contributed by atoms with E-state index in [2.05, 4.69) is 32.2 Å². The van der Waals surface area contributed by atoms with E-state index in [1.165, 1.54) is 9.75 Å². The van der Waals surface area contributed by atoms with Gasteiger partial charge in [0.05, 0.1) is 11.7 Å². The Kier molecular flexibility index (Phi) is 5.57. The minimum Gasteiger partial charge on any atom is -0.344 e. The first kappa shape index (κ1) is 18.4. The fourth-order valence-electron chi connectivity index (χ4n) is 3.09. The van der Waals surface area contributed by atoms with Crippen molar-refractivity contribution < 1.29 is 4.79 Å². The molecule has 0 saturated heterocycles. The Morgan fingerprint density at radius 1 is 1.23 bits per heavy atom. The van der Waals surface area contributed by atoms with Crippen LogP contribution < -0.4 is 5.32 Å². The molecular weight excluding hydrogens is 342 g/mol. The fourth-order valence-corrected chi connectivity index (χ4v) is 4.03. The lowest BCUT2D eigenvalue weighted by molar-refractivity contribution is 0.0928. The molecule has 1 N–H and O–H groups in total. The molecule has 1 amide bonds. The van der Waals surface area contributed by atoms with Crippen molar-refractivity contribution in [2.24, 2.45) is 0 Å². The molecule has 0 aliphatic heterocycles. The van der Waals surface area contributed by atoms with Gasteiger partial charge in [-0.05, 0) is 44.9 Å². The van der Waals surface area contributed by atoms with Crippen molar-refractivity contribution in [3.8, 4) is 11.3 Å². The van der Waals surface area contributed by atoms with Crippen molar-refractivity contribution in [1.82, 2.24) is 15.1 Å². The van der Waals surface area contributed by atoms with E-state index in [4.69, 9.17) is 5.10 Å². The third-order valence-electron chi connectivity index (χ3n) is 4.41. The van der Waals surface area contributed by atoms with Crippen LogP contribution in [0.4, 0.5) is 0 Å². The molecular formula is C21H25N3OS. The van der Waals surface area contributed by atoms with Crippen LogP contribution in [0.2, 0.25) is 0 Å². The van der Waals surface area contributed by atoms with Crippen molar-refractivity contribution in [3.05, 3.63) is 63.5 Å². The van der Waals surface area contributed by atoms with Gasteiger partial charge in [-0.2, -0.15) is 5.10 Å². The maximum absolute atomic E-state index is 12.9. The second-order valence-corrected chi connectivity index (χ2v) is 8.03. The number of thiophene rings is 1. The van der Waals surface area contributed by atoms with Crippen LogP contribution >= 0.6 is 11.3 Å². The Bertz CT molecular complexity index is 895. The van der Waals surface area contributed by atoms with E-state index in [-0.39, 0.29) is 11.9 Å². The molecule has 3 rings (SSSR count). The summed E-state index contributed by atoms with van der Waals surface area (Å²) in [5, 5.41) is 7.81. The van der Waals surface area contributed by atoms with E-state index in [1.54, 1.807) is 11.3 Å². The van der Waals surface area contributed by atoms with Gasteiger partial charge < -0.3 is 5.32 Å². The number of hydrogen-bond acceptors (Lipinski definition) is 3. The van der Waals surface area contributed by atoms with E-state index in [0.717, 1.165) is 29.8 Å². The lowest BCUT2D eigenvalue weighted by Crippen LogP contribution is -2.28. The molecule has 4 nitrogen and oxygen atoms in total. The molecule has 0 spiro atoms. The summed E-state index contributed by atoms with van der Waals surface area (Å²) in [5.41, 5.74) is 3.70. The van der Waals surface area contributed by atoms with Crippen LogP contribution in [0, 0.1) is 13.8 Å². The summed E-state index contributed by atoms with van der Waals surface area (Å²) >= 11 is 1.76. The smallest absolute Gasteiger partial charge is 0.270 e. The number of hydrogen-bond donors (Lipinski definition) is 1. The third-order valence-corrected chi connectivity index (χ3v) is 5.38. The highest BCUT2D eigenvalue weighted by atomic mass is 32.1. The Hall–Kier alpha value is -2.40. The van der Waals surface area contributed by atoms with Gasteiger partial charge >= 0.3 is 0 Å². The van der Waals surface area contributed by atoms with Crippen molar-refractivity contribution in [2.75, 3.05) is 0 Å². The predicted octanol–water partition coefficient (Wildman–Crippen LogP) is 5.13. The molecule has 1 atom stereocenters. The van der Waals surface area contributed by atoms with Gasteiger partial charge in [-0.1, -0.05) is 37.3 Å². The Morgan fingerprint density at radius 2 is 1.96 bits per heavy atom. The number of nitrogens with zero attached hydrogens (tertiary/aromatic N) is 2. The quantitative estimate of drug-likeness (QED) is 0.656. The summed E-state index contributed by atoms with van der Waals surface area (Å²) in [4.78, 5) is 15.4. The first-order chi connectivity index (χ1) is 12.5. The molecule has 0 saturated carbocycles. The second-order valence-electron chi connectivity index (χ2n) is 6.57. The summed E-state index contributed by atoms with van der Waals surface area (Å²) in [7, 11) is 0. The summed E-state index contributed by atoms with van der Waals surface area (Å²) in [5.74, 6) is -0.0850. The zero-order valence-electron chi connectivity index (χ0n) is 15.7. The molecule has 3 aromatic rings. The SMILES string of the molecule is CCCn1nc(-c2cc(C)sc2C)cc1C(=O)NC(C)c1ccccc1. The number of benzene rings is 1. The van der Waals surface area contributed by atoms with Crippen molar-refractivity contribution in [3.63, 3.8) is 0 Å². The van der Waals surface area contributed by atoms with Gasteiger partial charge in [0, 0.05) is 21.9 Å². The number of amides is 1. The molecule has 0 aliphatic rings. The number of carbonyl (C=O) groups is 1. The third kappa shape index (κ3) is 3.88. The molecule has 2 heterocycles. The summed E-state index contributed by atoms with van der Waals surface area (Å²) in [6, 6.07) is 14.0. The molecule has 26 heavy (non-hydrogen) atoms. The molecule has 1 unspecified atom stereocenters. The van der Waals surface area contributed by atoms with Crippen LogP contribution in [-0.4, -0.2) is 15.7 Å². The van der Waals surface area contributed by atoms with Gasteiger partial charge in [0.25, 0.3) is 5.91 Å². The maximum Gasteiger partial charge on any atom is 0.270 e. The van der Waals surface area contributed by atoms with E-state index in [1.807, 2.05) is 48.0 Å². The highest BCUT2D eigenvalue weighted by Crippen LogP contribution is 2.30. The number of aromatic nitrogens is 2. The largest absolute Gasteiger partial charge is 0.344 e. The molecule has 0 fully saturated rings. The van der Waals surface area contributed by atoms with Gasteiger partial charge in [0.1, 0.15) is 5.69 Å². The van der Waals surface area contributed by atoms with Crippen LogP contribution in [0.15, 0.2) is 42.5 Å². The van der Waals surface area contributed by atoms with E-state index >= 15 is 0 Å². The van der Waals surface area contributed by atoms with Crippen LogP contribution in [0.3, 0.4) is 0 Å². The standard InChI is InChI=1S/C21H25N3OS/c1-5-11-24-20(13-19(23-24)18-12-14(2)26-16(18)4)21(25)22-15(3)17-9-7-6-8-10-17/h6-10,12-13,15H,5,11H2,1-4H3,(H,22,25). The zero-order chi connectivity index (χ0) is 18.7. The molecule has 0 bridgehead atoms. The maximum atomic E-state index is 12.9. The lowest BCUT2D eigenvalue weighted by atomic mass is 10.1. The van der Waals surface area contributed by atoms with Crippen LogP contribution in [0.5, 0.6) is 0 Å². The number of rotatable bonds is 6.